The van der Waals surface area contributed by atoms with Crippen LogP contribution in [0.3, 0.4) is 0 Å². The zero-order chi connectivity index (χ0) is 10.8. The Balaban J connectivity index is 1.76. The van der Waals surface area contributed by atoms with Crippen LogP contribution in [-0.4, -0.2) is 25.0 Å². The van der Waals surface area contributed by atoms with Gasteiger partial charge in [-0.1, -0.05) is 0 Å². The molecule has 86 valence electrons. The van der Waals surface area contributed by atoms with Crippen molar-refractivity contribution < 1.29 is 4.79 Å². The number of piperidine rings is 1. The van der Waals surface area contributed by atoms with Crippen molar-refractivity contribution in [3.63, 3.8) is 0 Å². The molecular formula is C12H22N2O. The third kappa shape index (κ3) is 2.71. The molecule has 1 aliphatic carbocycles. The van der Waals surface area contributed by atoms with Crippen molar-refractivity contribution in [2.45, 2.75) is 39.2 Å². The quantitative estimate of drug-likeness (QED) is 0.733. The highest BCUT2D eigenvalue weighted by Gasteiger charge is 2.47. The molecule has 2 N–H and O–H groups in total. The van der Waals surface area contributed by atoms with E-state index in [2.05, 4.69) is 10.6 Å². The minimum absolute atomic E-state index is 0.284. The van der Waals surface area contributed by atoms with E-state index in [1.807, 2.05) is 13.8 Å². The first-order chi connectivity index (χ1) is 7.18. The largest absolute Gasteiger partial charge is 0.354 e. The minimum Gasteiger partial charge on any atom is -0.354 e. The summed E-state index contributed by atoms with van der Waals surface area (Å²) in [4.78, 5) is 11.7. The monoisotopic (exact) mass is 210 g/mol. The summed E-state index contributed by atoms with van der Waals surface area (Å²) in [5.74, 6) is 2.10. The SMILES string of the molecule is CC(C)NC(=O)[C@@H]1C[C@H]1C1CCNCC1. The maximum absolute atomic E-state index is 11.7. The Kier molecular flexibility index (Phi) is 3.29. The average Bonchev–Trinajstić information content (AvgIpc) is 2.97. The summed E-state index contributed by atoms with van der Waals surface area (Å²) in [5, 5.41) is 6.39. The predicted molar refractivity (Wildman–Crippen MR) is 60.5 cm³/mol. The summed E-state index contributed by atoms with van der Waals surface area (Å²) < 4.78 is 0. The molecule has 15 heavy (non-hydrogen) atoms. The van der Waals surface area contributed by atoms with E-state index < -0.39 is 0 Å². The summed E-state index contributed by atoms with van der Waals surface area (Å²) in [6, 6.07) is 0.284. The van der Waals surface area contributed by atoms with Gasteiger partial charge in [0.1, 0.15) is 0 Å². The van der Waals surface area contributed by atoms with Crippen LogP contribution in [0.1, 0.15) is 33.1 Å². The number of rotatable bonds is 3. The van der Waals surface area contributed by atoms with Gasteiger partial charge in [0, 0.05) is 12.0 Å². The second-order valence-corrected chi connectivity index (χ2v) is 5.26. The fourth-order valence-corrected chi connectivity index (χ4v) is 2.70. The molecule has 2 rings (SSSR count). The Labute approximate surface area is 92.0 Å². The maximum Gasteiger partial charge on any atom is 0.223 e. The minimum atomic E-state index is 0.284. The Morgan fingerprint density at radius 2 is 2.00 bits per heavy atom. The van der Waals surface area contributed by atoms with E-state index >= 15 is 0 Å². The highest BCUT2D eigenvalue weighted by molar-refractivity contribution is 5.81. The van der Waals surface area contributed by atoms with Crippen molar-refractivity contribution >= 4 is 5.91 Å². The van der Waals surface area contributed by atoms with E-state index in [-0.39, 0.29) is 11.9 Å². The first-order valence-corrected chi connectivity index (χ1v) is 6.19. The van der Waals surface area contributed by atoms with Gasteiger partial charge in [-0.25, -0.2) is 0 Å². The van der Waals surface area contributed by atoms with Gasteiger partial charge in [0.15, 0.2) is 0 Å². The Hall–Kier alpha value is -0.570. The van der Waals surface area contributed by atoms with Gasteiger partial charge in [0.25, 0.3) is 0 Å². The smallest absolute Gasteiger partial charge is 0.223 e. The Morgan fingerprint density at radius 1 is 1.33 bits per heavy atom. The van der Waals surface area contributed by atoms with Crippen LogP contribution in [0.25, 0.3) is 0 Å². The zero-order valence-corrected chi connectivity index (χ0v) is 9.75. The highest BCUT2D eigenvalue weighted by atomic mass is 16.2. The molecule has 3 heteroatoms. The van der Waals surface area contributed by atoms with Crippen molar-refractivity contribution in [2.75, 3.05) is 13.1 Å². The fraction of sp³-hybridized carbons (Fsp3) is 0.917. The molecule has 0 unspecified atom stereocenters. The van der Waals surface area contributed by atoms with Crippen LogP contribution in [0.5, 0.6) is 0 Å². The van der Waals surface area contributed by atoms with Crippen LogP contribution < -0.4 is 10.6 Å². The van der Waals surface area contributed by atoms with Gasteiger partial charge in [-0.3, -0.25) is 4.79 Å². The number of hydrogen-bond acceptors (Lipinski definition) is 2. The topological polar surface area (TPSA) is 41.1 Å². The molecule has 0 aromatic carbocycles. The van der Waals surface area contributed by atoms with Crippen molar-refractivity contribution in [3.05, 3.63) is 0 Å². The van der Waals surface area contributed by atoms with Gasteiger partial charge in [-0.05, 0) is 58.0 Å². The third-order valence-electron chi connectivity index (χ3n) is 3.60. The van der Waals surface area contributed by atoms with Crippen LogP contribution in [0.4, 0.5) is 0 Å². The lowest BCUT2D eigenvalue weighted by Crippen LogP contribution is -2.33. The molecule has 2 aliphatic rings. The molecule has 3 nitrogen and oxygen atoms in total. The van der Waals surface area contributed by atoms with E-state index in [1.54, 1.807) is 0 Å². The number of hydrogen-bond donors (Lipinski definition) is 2. The highest BCUT2D eigenvalue weighted by Crippen LogP contribution is 2.47. The zero-order valence-electron chi connectivity index (χ0n) is 9.75. The van der Waals surface area contributed by atoms with E-state index in [4.69, 9.17) is 0 Å². The molecular weight excluding hydrogens is 188 g/mol. The van der Waals surface area contributed by atoms with Crippen LogP contribution in [0, 0.1) is 17.8 Å². The second kappa shape index (κ2) is 4.52. The van der Waals surface area contributed by atoms with Crippen LogP contribution in [0.15, 0.2) is 0 Å². The first-order valence-electron chi connectivity index (χ1n) is 6.19. The van der Waals surface area contributed by atoms with Gasteiger partial charge in [0.05, 0.1) is 0 Å². The summed E-state index contributed by atoms with van der Waals surface area (Å²) in [7, 11) is 0. The Morgan fingerprint density at radius 3 is 2.60 bits per heavy atom. The lowest BCUT2D eigenvalue weighted by Gasteiger charge is -2.22. The van der Waals surface area contributed by atoms with E-state index in [0.29, 0.717) is 11.8 Å². The van der Waals surface area contributed by atoms with Gasteiger partial charge in [-0.2, -0.15) is 0 Å². The fourth-order valence-electron chi connectivity index (χ4n) is 2.70. The van der Waals surface area contributed by atoms with Gasteiger partial charge < -0.3 is 10.6 Å². The molecule has 0 aromatic rings. The molecule has 1 amide bonds. The van der Waals surface area contributed by atoms with Crippen molar-refractivity contribution in [2.24, 2.45) is 17.8 Å². The molecule has 1 heterocycles. The molecule has 0 spiro atoms. The lowest BCUT2D eigenvalue weighted by atomic mass is 9.92. The van der Waals surface area contributed by atoms with Crippen LogP contribution >= 0.6 is 0 Å². The number of amides is 1. The number of carbonyl (C=O) groups excluding carboxylic acids is 1. The summed E-state index contributed by atoms with van der Waals surface area (Å²) in [6.07, 6.45) is 3.65. The van der Waals surface area contributed by atoms with Gasteiger partial charge in [-0.15, -0.1) is 0 Å². The van der Waals surface area contributed by atoms with Gasteiger partial charge >= 0.3 is 0 Å². The molecule has 2 atom stereocenters. The molecule has 0 bridgehead atoms. The number of carbonyl (C=O) groups is 1. The summed E-state index contributed by atoms with van der Waals surface area (Å²) in [6.45, 7) is 6.33. The molecule has 1 saturated carbocycles. The lowest BCUT2D eigenvalue weighted by molar-refractivity contribution is -0.123. The van der Waals surface area contributed by atoms with Crippen molar-refractivity contribution in [1.29, 1.82) is 0 Å². The van der Waals surface area contributed by atoms with Crippen LogP contribution in [-0.2, 0) is 4.79 Å². The normalized spacial score (nSPS) is 31.7. The van der Waals surface area contributed by atoms with E-state index in [9.17, 15) is 4.79 Å². The first kappa shape index (κ1) is 10.9. The Bertz CT molecular complexity index is 234. The van der Waals surface area contributed by atoms with Crippen molar-refractivity contribution in [1.82, 2.24) is 10.6 Å². The second-order valence-electron chi connectivity index (χ2n) is 5.26. The van der Waals surface area contributed by atoms with E-state index in [1.165, 1.54) is 12.8 Å². The third-order valence-corrected chi connectivity index (χ3v) is 3.60. The van der Waals surface area contributed by atoms with E-state index in [0.717, 1.165) is 25.4 Å². The molecule has 1 aliphatic heterocycles. The van der Waals surface area contributed by atoms with Crippen molar-refractivity contribution in [3.8, 4) is 0 Å². The molecule has 0 radical (unpaired) electrons. The predicted octanol–water partition coefficient (Wildman–Crippen LogP) is 1.15. The summed E-state index contributed by atoms with van der Waals surface area (Å²) in [5.41, 5.74) is 0. The molecule has 1 saturated heterocycles. The molecule has 0 aromatic heterocycles. The molecule has 2 fully saturated rings. The summed E-state index contributed by atoms with van der Waals surface area (Å²) >= 11 is 0. The maximum atomic E-state index is 11.7. The average molecular weight is 210 g/mol. The van der Waals surface area contributed by atoms with Gasteiger partial charge in [0.2, 0.25) is 5.91 Å². The number of nitrogens with one attached hydrogen (secondary N) is 2. The van der Waals surface area contributed by atoms with Crippen LogP contribution in [0.2, 0.25) is 0 Å². The standard InChI is InChI=1S/C12H22N2O/c1-8(2)14-12(15)11-7-10(11)9-3-5-13-6-4-9/h8-11,13H,3-7H2,1-2H3,(H,14,15)/t10-,11+/m0/s1.